The standard InChI is InChI=1S/C32H33NO8/c1-6-7-16-41-32(36)24(19-33-30(34)22-10-8-9-11-23(22)31(33)35)29(20-12-14-25(37-2)27(17-20)39-4)21-13-15-26(38-3)28(18-21)40-5/h8-15,17-18H,6-7,16,19H2,1-5H3. The first-order valence-corrected chi connectivity index (χ1v) is 13.2. The van der Waals surface area contributed by atoms with Crippen LogP contribution in [0.25, 0.3) is 5.57 Å². The van der Waals surface area contributed by atoms with Crippen LogP contribution in [0, 0.1) is 0 Å². The van der Waals surface area contributed by atoms with Gasteiger partial charge in [-0.2, -0.15) is 0 Å². The first kappa shape index (κ1) is 29.2. The maximum atomic E-state index is 13.8. The zero-order chi connectivity index (χ0) is 29.5. The van der Waals surface area contributed by atoms with E-state index in [4.69, 9.17) is 23.7 Å². The molecule has 0 aromatic heterocycles. The first-order valence-electron chi connectivity index (χ1n) is 13.2. The second kappa shape index (κ2) is 13.0. The lowest BCUT2D eigenvalue weighted by Gasteiger charge is -2.21. The van der Waals surface area contributed by atoms with Gasteiger partial charge in [-0.25, -0.2) is 4.79 Å². The molecule has 214 valence electrons. The van der Waals surface area contributed by atoms with Gasteiger partial charge in [0.1, 0.15) is 0 Å². The van der Waals surface area contributed by atoms with Crippen molar-refractivity contribution in [3.8, 4) is 23.0 Å². The summed E-state index contributed by atoms with van der Waals surface area (Å²) in [7, 11) is 6.09. The highest BCUT2D eigenvalue weighted by atomic mass is 16.5. The third kappa shape index (κ3) is 5.89. The van der Waals surface area contributed by atoms with Crippen LogP contribution >= 0.6 is 0 Å². The Hall–Kier alpha value is -4.79. The van der Waals surface area contributed by atoms with Crippen LogP contribution in [0.15, 0.2) is 66.2 Å². The molecule has 9 heteroatoms. The van der Waals surface area contributed by atoms with E-state index in [1.807, 2.05) is 6.92 Å². The summed E-state index contributed by atoms with van der Waals surface area (Å²) in [4.78, 5) is 41.6. The molecule has 0 saturated heterocycles. The maximum absolute atomic E-state index is 13.8. The SMILES string of the molecule is CCCCOC(=O)C(CN1C(=O)c2ccccc2C1=O)=C(c1ccc(OC)c(OC)c1)c1ccc(OC)c(OC)c1. The van der Waals surface area contributed by atoms with Gasteiger partial charge in [-0.3, -0.25) is 14.5 Å². The van der Waals surface area contributed by atoms with Gasteiger partial charge in [0.15, 0.2) is 23.0 Å². The van der Waals surface area contributed by atoms with E-state index in [-0.39, 0.29) is 29.9 Å². The van der Waals surface area contributed by atoms with Crippen molar-refractivity contribution in [2.75, 3.05) is 41.6 Å². The molecule has 9 nitrogen and oxygen atoms in total. The second-order valence-electron chi connectivity index (χ2n) is 9.22. The minimum Gasteiger partial charge on any atom is -0.493 e. The van der Waals surface area contributed by atoms with E-state index in [1.54, 1.807) is 60.7 Å². The summed E-state index contributed by atoms with van der Waals surface area (Å²) in [5.74, 6) is 0.247. The Balaban J connectivity index is 1.96. The average Bonchev–Trinajstić information content (AvgIpc) is 3.25. The molecule has 1 aliphatic heterocycles. The van der Waals surface area contributed by atoms with Crippen molar-refractivity contribution in [1.82, 2.24) is 4.90 Å². The van der Waals surface area contributed by atoms with Crippen molar-refractivity contribution in [3.05, 3.63) is 88.5 Å². The zero-order valence-corrected chi connectivity index (χ0v) is 23.8. The minimum absolute atomic E-state index is 0.120. The molecular weight excluding hydrogens is 526 g/mol. The molecule has 2 amide bonds. The van der Waals surface area contributed by atoms with Gasteiger partial charge in [-0.05, 0) is 53.9 Å². The number of amides is 2. The Morgan fingerprint density at radius 3 is 1.63 bits per heavy atom. The fraction of sp³-hybridized carbons (Fsp3) is 0.281. The van der Waals surface area contributed by atoms with Crippen molar-refractivity contribution in [2.24, 2.45) is 0 Å². The molecular formula is C32H33NO8. The summed E-state index contributed by atoms with van der Waals surface area (Å²) in [5.41, 5.74) is 2.29. The molecule has 0 bridgehead atoms. The van der Waals surface area contributed by atoms with Gasteiger partial charge in [-0.15, -0.1) is 0 Å². The number of benzene rings is 3. The number of ether oxygens (including phenoxy) is 5. The van der Waals surface area contributed by atoms with Gasteiger partial charge < -0.3 is 23.7 Å². The van der Waals surface area contributed by atoms with E-state index in [9.17, 15) is 14.4 Å². The molecule has 0 saturated carbocycles. The van der Waals surface area contributed by atoms with E-state index in [0.29, 0.717) is 46.1 Å². The maximum Gasteiger partial charge on any atom is 0.336 e. The van der Waals surface area contributed by atoms with Crippen molar-refractivity contribution >= 4 is 23.4 Å². The van der Waals surface area contributed by atoms with Gasteiger partial charge in [-0.1, -0.05) is 37.6 Å². The normalized spacial score (nSPS) is 12.1. The smallest absolute Gasteiger partial charge is 0.336 e. The number of esters is 1. The number of unbranched alkanes of at least 4 members (excludes halogenated alkanes) is 1. The van der Waals surface area contributed by atoms with E-state index in [2.05, 4.69) is 0 Å². The van der Waals surface area contributed by atoms with Crippen molar-refractivity contribution in [3.63, 3.8) is 0 Å². The third-order valence-corrected chi connectivity index (χ3v) is 6.82. The Bertz CT molecular complexity index is 1400. The van der Waals surface area contributed by atoms with Gasteiger partial charge in [0.2, 0.25) is 0 Å². The largest absolute Gasteiger partial charge is 0.493 e. The van der Waals surface area contributed by atoms with E-state index in [0.717, 1.165) is 11.3 Å². The minimum atomic E-state index is -0.644. The highest BCUT2D eigenvalue weighted by molar-refractivity contribution is 6.22. The average molecular weight is 560 g/mol. The third-order valence-electron chi connectivity index (χ3n) is 6.82. The Kier molecular flexibility index (Phi) is 9.29. The molecule has 0 unspecified atom stereocenters. The van der Waals surface area contributed by atoms with Crippen LogP contribution in [0.2, 0.25) is 0 Å². The highest BCUT2D eigenvalue weighted by Crippen LogP contribution is 2.38. The molecule has 0 radical (unpaired) electrons. The number of hydrogen-bond acceptors (Lipinski definition) is 8. The van der Waals surface area contributed by atoms with Gasteiger partial charge in [0.25, 0.3) is 11.8 Å². The number of rotatable bonds is 12. The molecule has 1 heterocycles. The molecule has 0 atom stereocenters. The number of carbonyl (C=O) groups excluding carboxylic acids is 3. The number of nitrogens with zero attached hydrogens (tertiary/aromatic N) is 1. The summed E-state index contributed by atoms with van der Waals surface area (Å²) in [6.07, 6.45) is 1.48. The molecule has 0 fully saturated rings. The predicted octanol–water partition coefficient (Wildman–Crippen LogP) is 5.16. The van der Waals surface area contributed by atoms with Crippen LogP contribution in [0.4, 0.5) is 0 Å². The van der Waals surface area contributed by atoms with Gasteiger partial charge in [0, 0.05) is 5.57 Å². The molecule has 41 heavy (non-hydrogen) atoms. The fourth-order valence-corrected chi connectivity index (χ4v) is 4.68. The number of fused-ring (bicyclic) bond motifs is 1. The summed E-state index contributed by atoms with van der Waals surface area (Å²) in [6.45, 7) is 1.86. The zero-order valence-electron chi connectivity index (χ0n) is 23.8. The molecule has 3 aromatic carbocycles. The number of imide groups is 1. The van der Waals surface area contributed by atoms with Crippen molar-refractivity contribution in [2.45, 2.75) is 19.8 Å². The Labute approximate surface area is 239 Å². The molecule has 1 aliphatic rings. The van der Waals surface area contributed by atoms with Crippen LogP contribution in [-0.2, 0) is 9.53 Å². The molecule has 0 spiro atoms. The van der Waals surface area contributed by atoms with Gasteiger partial charge >= 0.3 is 5.97 Å². The number of methoxy groups -OCH3 is 4. The first-order chi connectivity index (χ1) is 19.9. The monoisotopic (exact) mass is 559 g/mol. The van der Waals surface area contributed by atoms with Crippen LogP contribution in [0.3, 0.4) is 0 Å². The lowest BCUT2D eigenvalue weighted by Crippen LogP contribution is -2.34. The van der Waals surface area contributed by atoms with Crippen molar-refractivity contribution in [1.29, 1.82) is 0 Å². The summed E-state index contributed by atoms with van der Waals surface area (Å²) in [5, 5.41) is 0. The Morgan fingerprint density at radius 1 is 0.707 bits per heavy atom. The Morgan fingerprint density at radius 2 is 1.20 bits per heavy atom. The quantitative estimate of drug-likeness (QED) is 0.130. The lowest BCUT2D eigenvalue weighted by atomic mass is 9.91. The highest BCUT2D eigenvalue weighted by Gasteiger charge is 2.37. The molecule has 0 aliphatic carbocycles. The van der Waals surface area contributed by atoms with E-state index < -0.39 is 17.8 Å². The van der Waals surface area contributed by atoms with Gasteiger partial charge in [0.05, 0.1) is 58.3 Å². The molecule has 4 rings (SSSR count). The fourth-order valence-electron chi connectivity index (χ4n) is 4.68. The van der Waals surface area contributed by atoms with Crippen LogP contribution in [0.1, 0.15) is 51.6 Å². The summed E-state index contributed by atoms with van der Waals surface area (Å²) in [6, 6.07) is 17.0. The van der Waals surface area contributed by atoms with Crippen molar-refractivity contribution < 1.29 is 38.1 Å². The number of carbonyl (C=O) groups is 3. The second-order valence-corrected chi connectivity index (χ2v) is 9.22. The van der Waals surface area contributed by atoms with Crippen LogP contribution in [-0.4, -0.2) is 64.3 Å². The van der Waals surface area contributed by atoms with E-state index in [1.165, 1.54) is 28.4 Å². The predicted molar refractivity (Wildman–Crippen MR) is 153 cm³/mol. The van der Waals surface area contributed by atoms with E-state index >= 15 is 0 Å². The number of hydrogen-bond donors (Lipinski definition) is 0. The summed E-state index contributed by atoms with van der Waals surface area (Å²) >= 11 is 0. The molecule has 0 N–H and O–H groups in total. The topological polar surface area (TPSA) is 101 Å². The lowest BCUT2D eigenvalue weighted by molar-refractivity contribution is -0.139. The summed E-state index contributed by atoms with van der Waals surface area (Å²) < 4.78 is 27.6. The molecule has 3 aromatic rings. The van der Waals surface area contributed by atoms with Crippen LogP contribution in [0.5, 0.6) is 23.0 Å². The van der Waals surface area contributed by atoms with Crippen LogP contribution < -0.4 is 18.9 Å².